The highest BCUT2D eigenvalue weighted by atomic mass is 32.1. The summed E-state index contributed by atoms with van der Waals surface area (Å²) in [4.78, 5) is 28.9. The fraction of sp³-hybridized carbons (Fsp3) is 0.467. The van der Waals surface area contributed by atoms with Crippen LogP contribution in [-0.4, -0.2) is 34.5 Å². The van der Waals surface area contributed by atoms with Crippen LogP contribution in [0.25, 0.3) is 0 Å². The maximum Gasteiger partial charge on any atom is 0.414 e. The molecule has 10 heteroatoms. The third-order valence-electron chi connectivity index (χ3n) is 5.14. The number of benzene rings is 2. The highest BCUT2D eigenvalue weighted by Crippen LogP contribution is 2.22. The Balaban J connectivity index is 1.97. The van der Waals surface area contributed by atoms with E-state index >= 15 is 0 Å². The molecule has 0 saturated heterocycles. The molecular formula is C30H43N5O4S. The summed E-state index contributed by atoms with van der Waals surface area (Å²) in [5.74, 6) is -0.115. The standard InChI is InChI=1S/C30H43N5O4S/c1-28(2,3)22-14-10-20(11-15-22)18-31-25(40)32-19-21-12-16-23(17-13-21)33-24(34-26(36)38-29(4,5)6)35-27(37)39-30(7,8)9/h10-17H,18-19H2,1-9H3,(H2,31,32,40)(H2,33,34,35,36,37). The third-order valence-corrected chi connectivity index (χ3v) is 5.43. The fourth-order valence-electron chi connectivity index (χ4n) is 3.25. The van der Waals surface area contributed by atoms with E-state index in [0.29, 0.717) is 23.9 Å². The smallest absolute Gasteiger partial charge is 0.414 e. The number of amides is 2. The SMILES string of the molecule is CC(C)(C)OC(=O)NC(=Nc1ccc(CNC(=S)NCc2ccc(C(C)(C)C)cc2)cc1)NC(=O)OC(C)(C)C. The summed E-state index contributed by atoms with van der Waals surface area (Å²) in [5.41, 5.74) is 2.59. The van der Waals surface area contributed by atoms with Crippen molar-refractivity contribution in [2.24, 2.45) is 4.99 Å². The number of ether oxygens (including phenoxy) is 2. The van der Waals surface area contributed by atoms with Crippen molar-refractivity contribution in [2.75, 3.05) is 0 Å². The van der Waals surface area contributed by atoms with Gasteiger partial charge >= 0.3 is 12.2 Å². The predicted molar refractivity (Wildman–Crippen MR) is 164 cm³/mol. The molecule has 0 fully saturated rings. The number of aliphatic imine (C=N–C) groups is 1. The number of thiocarbonyl (C=S) groups is 1. The van der Waals surface area contributed by atoms with Gasteiger partial charge in [0.2, 0.25) is 5.96 Å². The van der Waals surface area contributed by atoms with Gasteiger partial charge in [0, 0.05) is 13.1 Å². The number of rotatable bonds is 5. The Morgan fingerprint density at radius 2 is 1.10 bits per heavy atom. The highest BCUT2D eigenvalue weighted by Gasteiger charge is 2.21. The number of hydrogen-bond acceptors (Lipinski definition) is 6. The molecule has 0 spiro atoms. The van der Waals surface area contributed by atoms with Gasteiger partial charge in [0.15, 0.2) is 5.11 Å². The molecule has 40 heavy (non-hydrogen) atoms. The first-order valence-electron chi connectivity index (χ1n) is 13.2. The van der Waals surface area contributed by atoms with Gasteiger partial charge in [-0.1, -0.05) is 57.2 Å². The van der Waals surface area contributed by atoms with E-state index in [1.165, 1.54) is 5.56 Å². The summed E-state index contributed by atoms with van der Waals surface area (Å²) in [7, 11) is 0. The second-order valence-corrected chi connectivity index (χ2v) is 12.8. The molecule has 0 atom stereocenters. The molecule has 0 aliphatic carbocycles. The van der Waals surface area contributed by atoms with Gasteiger partial charge in [-0.05, 0) is 88.0 Å². The summed E-state index contributed by atoms with van der Waals surface area (Å²) in [5, 5.41) is 11.9. The zero-order valence-electron chi connectivity index (χ0n) is 25.0. The van der Waals surface area contributed by atoms with Crippen molar-refractivity contribution in [1.29, 1.82) is 0 Å². The first-order valence-corrected chi connectivity index (χ1v) is 13.6. The molecule has 218 valence electrons. The average molecular weight is 570 g/mol. The number of nitrogens with one attached hydrogen (secondary N) is 4. The molecule has 0 aliphatic rings. The number of guanidine groups is 1. The largest absolute Gasteiger partial charge is 0.444 e. The van der Waals surface area contributed by atoms with Crippen molar-refractivity contribution in [3.05, 3.63) is 65.2 Å². The molecular weight excluding hydrogens is 526 g/mol. The molecule has 0 heterocycles. The van der Waals surface area contributed by atoms with E-state index in [1.807, 2.05) is 12.1 Å². The Kier molecular flexibility index (Phi) is 11.1. The molecule has 0 saturated carbocycles. The second kappa shape index (κ2) is 13.6. The topological polar surface area (TPSA) is 113 Å². The van der Waals surface area contributed by atoms with Crippen molar-refractivity contribution in [3.8, 4) is 0 Å². The second-order valence-electron chi connectivity index (χ2n) is 12.4. The van der Waals surface area contributed by atoms with Gasteiger partial charge in [-0.25, -0.2) is 14.6 Å². The predicted octanol–water partition coefficient (Wildman–Crippen LogP) is 6.19. The summed E-state index contributed by atoms with van der Waals surface area (Å²) < 4.78 is 10.6. The van der Waals surface area contributed by atoms with Crippen LogP contribution in [0.2, 0.25) is 0 Å². The Labute approximate surface area is 243 Å². The molecule has 0 bridgehead atoms. The van der Waals surface area contributed by atoms with Gasteiger partial charge < -0.3 is 20.1 Å². The molecule has 2 aromatic carbocycles. The van der Waals surface area contributed by atoms with Gasteiger partial charge in [-0.2, -0.15) is 0 Å². The van der Waals surface area contributed by atoms with E-state index in [9.17, 15) is 9.59 Å². The molecule has 0 aliphatic heterocycles. The minimum Gasteiger partial charge on any atom is -0.444 e. The molecule has 2 rings (SSSR count). The lowest BCUT2D eigenvalue weighted by molar-refractivity contribution is 0.0545. The summed E-state index contributed by atoms with van der Waals surface area (Å²) in [6.45, 7) is 18.2. The van der Waals surface area contributed by atoms with Crippen LogP contribution < -0.4 is 21.3 Å². The van der Waals surface area contributed by atoms with E-state index in [1.54, 1.807) is 53.7 Å². The zero-order chi connectivity index (χ0) is 30.1. The summed E-state index contributed by atoms with van der Waals surface area (Å²) in [6, 6.07) is 15.8. The van der Waals surface area contributed by atoms with E-state index in [2.05, 4.69) is 71.3 Å². The van der Waals surface area contributed by atoms with Crippen LogP contribution >= 0.6 is 12.2 Å². The first-order chi connectivity index (χ1) is 18.4. The average Bonchev–Trinajstić information content (AvgIpc) is 2.79. The lowest BCUT2D eigenvalue weighted by Crippen LogP contribution is -2.47. The molecule has 0 aromatic heterocycles. The summed E-state index contributed by atoms with van der Waals surface area (Å²) in [6.07, 6.45) is -1.51. The molecule has 4 N–H and O–H groups in total. The number of hydrogen-bond donors (Lipinski definition) is 4. The van der Waals surface area contributed by atoms with E-state index < -0.39 is 23.4 Å². The van der Waals surface area contributed by atoms with E-state index in [0.717, 1.165) is 11.1 Å². The van der Waals surface area contributed by atoms with Gasteiger partial charge in [-0.3, -0.25) is 10.6 Å². The minimum atomic E-state index is -0.755. The highest BCUT2D eigenvalue weighted by molar-refractivity contribution is 7.80. The van der Waals surface area contributed by atoms with Crippen molar-refractivity contribution in [2.45, 2.75) is 92.0 Å². The van der Waals surface area contributed by atoms with Crippen LogP contribution in [-0.2, 0) is 28.0 Å². The minimum absolute atomic E-state index is 0.115. The zero-order valence-corrected chi connectivity index (χ0v) is 25.8. The lowest BCUT2D eigenvalue weighted by atomic mass is 9.87. The van der Waals surface area contributed by atoms with Crippen LogP contribution in [0.4, 0.5) is 15.3 Å². The first kappa shape index (κ1) is 32.6. The van der Waals surface area contributed by atoms with E-state index in [-0.39, 0.29) is 11.4 Å². The van der Waals surface area contributed by atoms with Crippen LogP contribution in [0.1, 0.15) is 79.0 Å². The van der Waals surface area contributed by atoms with Crippen molar-refractivity contribution >= 4 is 41.2 Å². The maximum atomic E-state index is 12.3. The quantitative estimate of drug-likeness (QED) is 0.193. The molecule has 2 aromatic rings. The van der Waals surface area contributed by atoms with Crippen LogP contribution in [0.5, 0.6) is 0 Å². The Morgan fingerprint density at radius 1 is 0.700 bits per heavy atom. The summed E-state index contributed by atoms with van der Waals surface area (Å²) >= 11 is 5.43. The van der Waals surface area contributed by atoms with Gasteiger partial charge in [0.05, 0.1) is 5.69 Å². The third kappa shape index (κ3) is 12.9. The van der Waals surface area contributed by atoms with Crippen LogP contribution in [0.3, 0.4) is 0 Å². The molecule has 2 amide bonds. The normalized spacial score (nSPS) is 11.6. The van der Waals surface area contributed by atoms with Crippen LogP contribution in [0, 0.1) is 0 Å². The van der Waals surface area contributed by atoms with Crippen molar-refractivity contribution in [3.63, 3.8) is 0 Å². The Morgan fingerprint density at radius 3 is 1.48 bits per heavy atom. The molecule has 9 nitrogen and oxygen atoms in total. The van der Waals surface area contributed by atoms with Gasteiger partial charge in [-0.15, -0.1) is 0 Å². The molecule has 0 unspecified atom stereocenters. The number of carbonyl (C=O) groups is 2. The van der Waals surface area contributed by atoms with Crippen LogP contribution in [0.15, 0.2) is 53.5 Å². The van der Waals surface area contributed by atoms with Gasteiger partial charge in [0.1, 0.15) is 11.2 Å². The number of carbonyl (C=O) groups excluding carboxylic acids is 2. The van der Waals surface area contributed by atoms with E-state index in [4.69, 9.17) is 21.7 Å². The van der Waals surface area contributed by atoms with Gasteiger partial charge in [0.25, 0.3) is 0 Å². The molecule has 0 radical (unpaired) electrons. The van der Waals surface area contributed by atoms with Crippen molar-refractivity contribution < 1.29 is 19.1 Å². The van der Waals surface area contributed by atoms with Crippen molar-refractivity contribution in [1.82, 2.24) is 21.3 Å². The monoisotopic (exact) mass is 569 g/mol. The number of nitrogens with zero attached hydrogens (tertiary/aromatic N) is 1. The maximum absolute atomic E-state index is 12.3. The lowest BCUT2D eigenvalue weighted by Gasteiger charge is -2.22. The number of alkyl carbamates (subject to hydrolysis) is 2. The Bertz CT molecular complexity index is 1160. The fourth-order valence-corrected chi connectivity index (χ4v) is 3.40. The Hall–Kier alpha value is -3.66.